The second-order valence-electron chi connectivity index (χ2n) is 5.49. The van der Waals surface area contributed by atoms with Gasteiger partial charge in [-0.2, -0.15) is 0 Å². The topological polar surface area (TPSA) is 68.0 Å². The predicted octanol–water partition coefficient (Wildman–Crippen LogP) is 3.03. The first-order valence-electron chi connectivity index (χ1n) is 7.06. The van der Waals surface area contributed by atoms with Gasteiger partial charge in [0.1, 0.15) is 0 Å². The third-order valence-electron chi connectivity index (χ3n) is 3.42. The molecule has 2 rings (SSSR count). The number of rotatable bonds is 4. The number of nitrogens with zero attached hydrogens (tertiary/aromatic N) is 1. The predicted molar refractivity (Wildman–Crippen MR) is 85.1 cm³/mol. The van der Waals surface area contributed by atoms with Crippen LogP contribution >= 0.6 is 0 Å². The standard InChI is InChI=1S/C17H21N3O/c1-11(2)14-6-4-13(5-7-14)9-20-17(21)15-10-19-12(3)8-16(15)18/h4-8,10-11H,9H2,1-3H3,(H2,18,19)(H,20,21). The van der Waals surface area contributed by atoms with Crippen molar-refractivity contribution < 1.29 is 4.79 Å². The fourth-order valence-electron chi connectivity index (χ4n) is 2.07. The van der Waals surface area contributed by atoms with Gasteiger partial charge in [0.25, 0.3) is 5.91 Å². The van der Waals surface area contributed by atoms with E-state index in [0.717, 1.165) is 11.3 Å². The maximum Gasteiger partial charge on any atom is 0.255 e. The quantitative estimate of drug-likeness (QED) is 0.906. The molecule has 0 saturated carbocycles. The van der Waals surface area contributed by atoms with E-state index in [-0.39, 0.29) is 5.91 Å². The number of nitrogens with one attached hydrogen (secondary N) is 1. The zero-order chi connectivity index (χ0) is 15.4. The minimum atomic E-state index is -0.201. The van der Waals surface area contributed by atoms with Crippen LogP contribution < -0.4 is 11.1 Å². The molecular formula is C17H21N3O. The molecule has 0 unspecified atom stereocenters. The van der Waals surface area contributed by atoms with Crippen LogP contribution in [-0.2, 0) is 6.54 Å². The van der Waals surface area contributed by atoms with E-state index in [2.05, 4.69) is 36.3 Å². The first-order valence-corrected chi connectivity index (χ1v) is 7.06. The van der Waals surface area contributed by atoms with Crippen molar-refractivity contribution in [1.82, 2.24) is 10.3 Å². The van der Waals surface area contributed by atoms with Gasteiger partial charge in [-0.3, -0.25) is 9.78 Å². The molecule has 1 heterocycles. The van der Waals surface area contributed by atoms with Crippen LogP contribution in [0.25, 0.3) is 0 Å². The van der Waals surface area contributed by atoms with Crippen LogP contribution in [-0.4, -0.2) is 10.9 Å². The van der Waals surface area contributed by atoms with E-state index < -0.39 is 0 Å². The second-order valence-corrected chi connectivity index (χ2v) is 5.49. The maximum atomic E-state index is 12.1. The molecule has 0 fully saturated rings. The Morgan fingerprint density at radius 2 is 1.95 bits per heavy atom. The normalized spacial score (nSPS) is 10.7. The first-order chi connectivity index (χ1) is 9.97. The first kappa shape index (κ1) is 15.0. The summed E-state index contributed by atoms with van der Waals surface area (Å²) in [5, 5.41) is 2.87. The second kappa shape index (κ2) is 6.39. The fourth-order valence-corrected chi connectivity index (χ4v) is 2.07. The molecule has 0 atom stereocenters. The van der Waals surface area contributed by atoms with Gasteiger partial charge in [0.2, 0.25) is 0 Å². The Balaban J connectivity index is 2.00. The minimum Gasteiger partial charge on any atom is -0.398 e. The summed E-state index contributed by atoms with van der Waals surface area (Å²) in [4.78, 5) is 16.2. The van der Waals surface area contributed by atoms with Crippen LogP contribution in [0.5, 0.6) is 0 Å². The van der Waals surface area contributed by atoms with E-state index in [1.54, 1.807) is 6.07 Å². The average molecular weight is 283 g/mol. The molecule has 1 aromatic heterocycles. The molecule has 1 aromatic carbocycles. The Morgan fingerprint density at radius 1 is 1.29 bits per heavy atom. The van der Waals surface area contributed by atoms with E-state index in [9.17, 15) is 4.79 Å². The van der Waals surface area contributed by atoms with Gasteiger partial charge in [0.15, 0.2) is 0 Å². The molecule has 0 saturated heterocycles. The molecular weight excluding hydrogens is 262 g/mol. The highest BCUT2D eigenvalue weighted by atomic mass is 16.1. The van der Waals surface area contributed by atoms with Crippen molar-refractivity contribution in [3.63, 3.8) is 0 Å². The number of pyridine rings is 1. The number of carbonyl (C=O) groups excluding carboxylic acids is 1. The number of hydrogen-bond donors (Lipinski definition) is 2. The molecule has 4 nitrogen and oxygen atoms in total. The number of benzene rings is 1. The molecule has 0 aliphatic carbocycles. The third kappa shape index (κ3) is 3.81. The van der Waals surface area contributed by atoms with Crippen molar-refractivity contribution in [2.24, 2.45) is 0 Å². The highest BCUT2D eigenvalue weighted by Gasteiger charge is 2.10. The van der Waals surface area contributed by atoms with E-state index in [1.807, 2.05) is 19.1 Å². The van der Waals surface area contributed by atoms with Crippen LogP contribution in [0, 0.1) is 6.92 Å². The molecule has 3 N–H and O–H groups in total. The van der Waals surface area contributed by atoms with Crippen molar-refractivity contribution in [1.29, 1.82) is 0 Å². The lowest BCUT2D eigenvalue weighted by Gasteiger charge is -2.09. The highest BCUT2D eigenvalue weighted by Crippen LogP contribution is 2.15. The molecule has 2 aromatic rings. The summed E-state index contributed by atoms with van der Waals surface area (Å²) >= 11 is 0. The molecule has 0 bridgehead atoms. The van der Waals surface area contributed by atoms with Gasteiger partial charge in [0.05, 0.1) is 5.56 Å². The summed E-state index contributed by atoms with van der Waals surface area (Å²) in [5.41, 5.74) is 9.86. The van der Waals surface area contributed by atoms with Crippen molar-refractivity contribution in [3.05, 3.63) is 58.9 Å². The van der Waals surface area contributed by atoms with Gasteiger partial charge in [-0.05, 0) is 30.0 Å². The van der Waals surface area contributed by atoms with E-state index in [0.29, 0.717) is 23.7 Å². The number of carbonyl (C=O) groups is 1. The average Bonchev–Trinajstić information content (AvgIpc) is 2.45. The summed E-state index contributed by atoms with van der Waals surface area (Å²) < 4.78 is 0. The number of aromatic nitrogens is 1. The molecule has 0 radical (unpaired) electrons. The lowest BCUT2D eigenvalue weighted by atomic mass is 10.0. The zero-order valence-corrected chi connectivity index (χ0v) is 12.7. The Labute approximate surface area is 125 Å². The molecule has 21 heavy (non-hydrogen) atoms. The van der Waals surface area contributed by atoms with Gasteiger partial charge in [-0.1, -0.05) is 38.1 Å². The molecule has 1 amide bonds. The fraction of sp³-hybridized carbons (Fsp3) is 0.294. The van der Waals surface area contributed by atoms with Crippen molar-refractivity contribution in [2.75, 3.05) is 5.73 Å². The van der Waals surface area contributed by atoms with E-state index in [1.165, 1.54) is 11.8 Å². The highest BCUT2D eigenvalue weighted by molar-refractivity contribution is 5.98. The molecule has 110 valence electrons. The van der Waals surface area contributed by atoms with Crippen molar-refractivity contribution >= 4 is 11.6 Å². The summed E-state index contributed by atoms with van der Waals surface area (Å²) in [6.07, 6.45) is 1.52. The summed E-state index contributed by atoms with van der Waals surface area (Å²) in [7, 11) is 0. The van der Waals surface area contributed by atoms with Crippen LogP contribution in [0.4, 0.5) is 5.69 Å². The lowest BCUT2D eigenvalue weighted by molar-refractivity contribution is 0.0951. The smallest absolute Gasteiger partial charge is 0.255 e. The minimum absolute atomic E-state index is 0.201. The summed E-state index contributed by atoms with van der Waals surface area (Å²) in [6, 6.07) is 9.95. The van der Waals surface area contributed by atoms with Crippen LogP contribution in [0.3, 0.4) is 0 Å². The zero-order valence-electron chi connectivity index (χ0n) is 12.7. The van der Waals surface area contributed by atoms with Crippen LogP contribution in [0.15, 0.2) is 36.5 Å². The lowest BCUT2D eigenvalue weighted by Crippen LogP contribution is -2.24. The van der Waals surface area contributed by atoms with Crippen LogP contribution in [0.1, 0.15) is 46.9 Å². The monoisotopic (exact) mass is 283 g/mol. The Hall–Kier alpha value is -2.36. The molecule has 0 spiro atoms. The molecule has 0 aliphatic rings. The maximum absolute atomic E-state index is 12.1. The molecule has 0 aliphatic heterocycles. The van der Waals surface area contributed by atoms with Crippen molar-refractivity contribution in [2.45, 2.75) is 33.2 Å². The number of nitrogens with two attached hydrogens (primary N) is 1. The number of nitrogen functional groups attached to an aromatic ring is 1. The Kier molecular flexibility index (Phi) is 4.58. The number of anilines is 1. The number of amides is 1. The van der Waals surface area contributed by atoms with E-state index >= 15 is 0 Å². The van der Waals surface area contributed by atoms with Gasteiger partial charge in [-0.15, -0.1) is 0 Å². The Bertz CT molecular complexity index is 633. The summed E-state index contributed by atoms with van der Waals surface area (Å²) in [5.74, 6) is 0.306. The largest absolute Gasteiger partial charge is 0.398 e. The van der Waals surface area contributed by atoms with Gasteiger partial charge >= 0.3 is 0 Å². The third-order valence-corrected chi connectivity index (χ3v) is 3.42. The van der Waals surface area contributed by atoms with Crippen LogP contribution in [0.2, 0.25) is 0 Å². The van der Waals surface area contributed by atoms with Gasteiger partial charge < -0.3 is 11.1 Å². The van der Waals surface area contributed by atoms with Crippen molar-refractivity contribution in [3.8, 4) is 0 Å². The van der Waals surface area contributed by atoms with Gasteiger partial charge in [0, 0.05) is 24.1 Å². The molecule has 4 heteroatoms. The number of hydrogen-bond acceptors (Lipinski definition) is 3. The number of aryl methyl sites for hydroxylation is 1. The Morgan fingerprint density at radius 3 is 2.52 bits per heavy atom. The van der Waals surface area contributed by atoms with E-state index in [4.69, 9.17) is 5.73 Å². The SMILES string of the molecule is Cc1cc(N)c(C(=O)NCc2ccc(C(C)C)cc2)cn1. The van der Waals surface area contributed by atoms with Gasteiger partial charge in [-0.25, -0.2) is 0 Å². The summed E-state index contributed by atoms with van der Waals surface area (Å²) in [6.45, 7) is 6.63.